The summed E-state index contributed by atoms with van der Waals surface area (Å²) in [5, 5.41) is 0. The van der Waals surface area contributed by atoms with Gasteiger partial charge in [-0.3, -0.25) is 0 Å². The number of methoxy groups -OCH3 is 3. The third-order valence-corrected chi connectivity index (χ3v) is 2.72. The molecule has 0 bridgehead atoms. The zero-order valence-corrected chi connectivity index (χ0v) is 11.7. The van der Waals surface area contributed by atoms with Crippen LogP contribution in [0.5, 0.6) is 17.2 Å². The zero-order chi connectivity index (χ0) is 13.4. The van der Waals surface area contributed by atoms with Crippen LogP contribution in [0.25, 0.3) is 6.08 Å². The molecule has 100 valence electrons. The maximum atomic E-state index is 5.31. The van der Waals surface area contributed by atoms with E-state index in [-0.39, 0.29) is 0 Å². The number of unbranched alkanes of at least 4 members (excludes halogenated alkanes) is 2. The minimum absolute atomic E-state index is 0.630. The van der Waals surface area contributed by atoms with Gasteiger partial charge in [-0.2, -0.15) is 0 Å². The lowest BCUT2D eigenvalue weighted by atomic mass is 10.1. The molecule has 0 heterocycles. The Kier molecular flexibility index (Phi) is 6.12. The highest BCUT2D eigenvalue weighted by atomic mass is 16.5. The molecule has 1 aromatic rings. The van der Waals surface area contributed by atoms with Gasteiger partial charge in [0.2, 0.25) is 5.75 Å². The molecule has 0 saturated carbocycles. The Morgan fingerprint density at radius 3 is 2.06 bits per heavy atom. The maximum Gasteiger partial charge on any atom is 0.203 e. The van der Waals surface area contributed by atoms with Crippen molar-refractivity contribution >= 4 is 6.08 Å². The average molecular weight is 250 g/mol. The van der Waals surface area contributed by atoms with Crippen LogP contribution in [-0.4, -0.2) is 21.3 Å². The molecule has 3 heteroatoms. The molecular formula is C15H22O3. The van der Waals surface area contributed by atoms with E-state index in [4.69, 9.17) is 14.2 Å². The second kappa shape index (κ2) is 7.64. The monoisotopic (exact) mass is 250 g/mol. The van der Waals surface area contributed by atoms with Crippen LogP contribution in [0.1, 0.15) is 31.7 Å². The second-order valence-electron chi connectivity index (χ2n) is 4.00. The molecule has 0 spiro atoms. The first kappa shape index (κ1) is 14.4. The lowest BCUT2D eigenvalue weighted by molar-refractivity contribution is 0.324. The van der Waals surface area contributed by atoms with E-state index in [0.29, 0.717) is 17.2 Å². The molecule has 18 heavy (non-hydrogen) atoms. The molecule has 0 saturated heterocycles. The molecule has 1 rings (SSSR count). The van der Waals surface area contributed by atoms with E-state index in [9.17, 15) is 0 Å². The molecule has 0 radical (unpaired) electrons. The standard InChI is InChI=1S/C15H22O3/c1-5-6-7-8-9-12-10-13(16-2)15(18-4)14(11-12)17-3/h8-11H,5-7H2,1-4H3/b9-8+. The first-order chi connectivity index (χ1) is 8.76. The highest BCUT2D eigenvalue weighted by molar-refractivity contribution is 5.62. The number of hydrogen-bond donors (Lipinski definition) is 0. The molecule has 0 atom stereocenters. The van der Waals surface area contributed by atoms with Crippen molar-refractivity contribution < 1.29 is 14.2 Å². The second-order valence-corrected chi connectivity index (χ2v) is 4.00. The normalized spacial score (nSPS) is 10.7. The van der Waals surface area contributed by atoms with Crippen molar-refractivity contribution in [3.8, 4) is 17.2 Å². The van der Waals surface area contributed by atoms with Crippen LogP contribution < -0.4 is 14.2 Å². The van der Waals surface area contributed by atoms with E-state index in [0.717, 1.165) is 12.0 Å². The molecule has 0 aliphatic rings. The van der Waals surface area contributed by atoms with Crippen LogP contribution in [0, 0.1) is 0 Å². The molecule has 0 amide bonds. The summed E-state index contributed by atoms with van der Waals surface area (Å²) in [6.07, 6.45) is 7.76. The fourth-order valence-electron chi connectivity index (χ4n) is 1.74. The molecule has 0 N–H and O–H groups in total. The van der Waals surface area contributed by atoms with Gasteiger partial charge < -0.3 is 14.2 Å². The van der Waals surface area contributed by atoms with Crippen molar-refractivity contribution in [2.45, 2.75) is 26.2 Å². The number of benzene rings is 1. The van der Waals surface area contributed by atoms with Crippen LogP contribution in [0.2, 0.25) is 0 Å². The maximum absolute atomic E-state index is 5.31. The van der Waals surface area contributed by atoms with E-state index >= 15 is 0 Å². The van der Waals surface area contributed by atoms with Crippen molar-refractivity contribution in [1.29, 1.82) is 0 Å². The Hall–Kier alpha value is -1.64. The van der Waals surface area contributed by atoms with Crippen LogP contribution in [0.4, 0.5) is 0 Å². The summed E-state index contributed by atoms with van der Waals surface area (Å²) in [5.74, 6) is 2.00. The van der Waals surface area contributed by atoms with Crippen molar-refractivity contribution in [1.82, 2.24) is 0 Å². The lowest BCUT2D eigenvalue weighted by Crippen LogP contribution is -1.95. The Bertz CT molecular complexity index is 372. The molecule has 0 aromatic heterocycles. The van der Waals surface area contributed by atoms with E-state index < -0.39 is 0 Å². The van der Waals surface area contributed by atoms with Gasteiger partial charge in [0, 0.05) is 0 Å². The first-order valence-corrected chi connectivity index (χ1v) is 6.23. The van der Waals surface area contributed by atoms with E-state index in [1.807, 2.05) is 12.1 Å². The van der Waals surface area contributed by atoms with Gasteiger partial charge in [0.15, 0.2) is 11.5 Å². The van der Waals surface area contributed by atoms with Crippen molar-refractivity contribution in [3.05, 3.63) is 23.8 Å². The van der Waals surface area contributed by atoms with Crippen LogP contribution in [0.3, 0.4) is 0 Å². The largest absolute Gasteiger partial charge is 0.493 e. The number of ether oxygens (including phenoxy) is 3. The lowest BCUT2D eigenvalue weighted by Gasteiger charge is -2.12. The molecule has 0 aliphatic heterocycles. The highest BCUT2D eigenvalue weighted by Gasteiger charge is 2.11. The molecule has 0 unspecified atom stereocenters. The molecule has 3 nitrogen and oxygen atoms in total. The molecule has 0 fully saturated rings. The third-order valence-electron chi connectivity index (χ3n) is 2.72. The molecular weight excluding hydrogens is 228 g/mol. The fourth-order valence-corrected chi connectivity index (χ4v) is 1.74. The Labute approximate surface area is 109 Å². The topological polar surface area (TPSA) is 27.7 Å². The Morgan fingerprint density at radius 1 is 1.00 bits per heavy atom. The minimum Gasteiger partial charge on any atom is -0.493 e. The summed E-state index contributed by atoms with van der Waals surface area (Å²) in [6.45, 7) is 2.19. The SMILES string of the molecule is CCCC/C=C/c1cc(OC)c(OC)c(OC)c1. The minimum atomic E-state index is 0.630. The first-order valence-electron chi connectivity index (χ1n) is 6.23. The highest BCUT2D eigenvalue weighted by Crippen LogP contribution is 2.38. The van der Waals surface area contributed by atoms with E-state index in [1.165, 1.54) is 12.8 Å². The van der Waals surface area contributed by atoms with Crippen LogP contribution >= 0.6 is 0 Å². The van der Waals surface area contributed by atoms with Crippen LogP contribution in [-0.2, 0) is 0 Å². The summed E-state index contributed by atoms with van der Waals surface area (Å²) in [6, 6.07) is 3.90. The molecule has 1 aromatic carbocycles. The number of allylic oxidation sites excluding steroid dienone is 1. The third kappa shape index (κ3) is 3.69. The Morgan fingerprint density at radius 2 is 1.61 bits per heavy atom. The van der Waals surface area contributed by atoms with E-state index in [2.05, 4.69) is 19.1 Å². The predicted octanol–water partition coefficient (Wildman–Crippen LogP) is 3.92. The zero-order valence-electron chi connectivity index (χ0n) is 11.7. The summed E-state index contributed by atoms with van der Waals surface area (Å²) >= 11 is 0. The summed E-state index contributed by atoms with van der Waals surface area (Å²) in [4.78, 5) is 0. The van der Waals surface area contributed by atoms with Gasteiger partial charge in [0.25, 0.3) is 0 Å². The van der Waals surface area contributed by atoms with Crippen LogP contribution in [0.15, 0.2) is 18.2 Å². The van der Waals surface area contributed by atoms with Gasteiger partial charge in [-0.05, 0) is 24.1 Å². The predicted molar refractivity (Wildman–Crippen MR) is 74.7 cm³/mol. The van der Waals surface area contributed by atoms with Crippen molar-refractivity contribution in [2.75, 3.05) is 21.3 Å². The smallest absolute Gasteiger partial charge is 0.203 e. The summed E-state index contributed by atoms with van der Waals surface area (Å²) < 4.78 is 15.9. The Balaban J connectivity index is 2.96. The van der Waals surface area contributed by atoms with Gasteiger partial charge in [-0.25, -0.2) is 0 Å². The van der Waals surface area contributed by atoms with Crippen molar-refractivity contribution in [3.63, 3.8) is 0 Å². The average Bonchev–Trinajstić information content (AvgIpc) is 2.42. The van der Waals surface area contributed by atoms with Gasteiger partial charge in [-0.1, -0.05) is 31.9 Å². The number of hydrogen-bond acceptors (Lipinski definition) is 3. The summed E-state index contributed by atoms with van der Waals surface area (Å²) in [7, 11) is 4.86. The van der Waals surface area contributed by atoms with E-state index in [1.54, 1.807) is 21.3 Å². The quantitative estimate of drug-likeness (QED) is 0.686. The van der Waals surface area contributed by atoms with Crippen molar-refractivity contribution in [2.24, 2.45) is 0 Å². The summed E-state index contributed by atoms with van der Waals surface area (Å²) in [5.41, 5.74) is 1.06. The van der Waals surface area contributed by atoms with Gasteiger partial charge in [-0.15, -0.1) is 0 Å². The van der Waals surface area contributed by atoms with Gasteiger partial charge in [0.1, 0.15) is 0 Å². The fraction of sp³-hybridized carbons (Fsp3) is 0.467. The molecule has 0 aliphatic carbocycles. The van der Waals surface area contributed by atoms with Gasteiger partial charge >= 0.3 is 0 Å². The number of rotatable bonds is 7. The van der Waals surface area contributed by atoms with Gasteiger partial charge in [0.05, 0.1) is 21.3 Å².